The quantitative estimate of drug-likeness (QED) is 0.666. The van der Waals surface area contributed by atoms with E-state index in [9.17, 15) is 14.4 Å². The van der Waals surface area contributed by atoms with Gasteiger partial charge in [-0.2, -0.15) is 0 Å². The zero-order chi connectivity index (χ0) is 21.5. The Bertz CT molecular complexity index is 765. The highest BCUT2D eigenvalue weighted by Crippen LogP contribution is 2.55. The molecule has 4 bridgehead atoms. The third kappa shape index (κ3) is 4.25. The van der Waals surface area contributed by atoms with Crippen molar-refractivity contribution in [3.05, 3.63) is 24.2 Å². The van der Waals surface area contributed by atoms with Crippen LogP contribution >= 0.6 is 0 Å². The molecule has 2 atom stereocenters. The summed E-state index contributed by atoms with van der Waals surface area (Å²) in [5.41, 5.74) is -0.128. The molecule has 30 heavy (non-hydrogen) atoms. The summed E-state index contributed by atoms with van der Waals surface area (Å²) in [6.45, 7) is 5.22. The van der Waals surface area contributed by atoms with Crippen LogP contribution in [0.1, 0.15) is 69.9 Å². The number of hydrogen-bond donors (Lipinski definition) is 2. The number of carbonyl (C=O) groups excluding carboxylic acids is 3. The van der Waals surface area contributed by atoms with Crippen molar-refractivity contribution in [3.63, 3.8) is 0 Å². The SMILES string of the molecule is CC(C)[C@H](NC(=O)c1ccco1)C(=O)O[C@@H](C)C(=O)NC12CC3CC(CC(C3)C1)C2. The predicted molar refractivity (Wildman–Crippen MR) is 109 cm³/mol. The Morgan fingerprint density at radius 2 is 1.67 bits per heavy atom. The van der Waals surface area contributed by atoms with Gasteiger partial charge in [-0.05, 0) is 81.3 Å². The first-order valence-corrected chi connectivity index (χ1v) is 11.1. The van der Waals surface area contributed by atoms with E-state index in [1.54, 1.807) is 13.0 Å². The van der Waals surface area contributed by atoms with Crippen molar-refractivity contribution >= 4 is 17.8 Å². The van der Waals surface area contributed by atoms with Gasteiger partial charge in [0.1, 0.15) is 6.04 Å². The van der Waals surface area contributed by atoms with E-state index in [0.29, 0.717) is 0 Å². The van der Waals surface area contributed by atoms with E-state index in [0.717, 1.165) is 37.0 Å². The van der Waals surface area contributed by atoms with E-state index in [-0.39, 0.29) is 23.1 Å². The molecule has 0 aromatic carbocycles. The van der Waals surface area contributed by atoms with Gasteiger partial charge < -0.3 is 19.8 Å². The molecule has 0 aliphatic heterocycles. The number of furan rings is 1. The van der Waals surface area contributed by atoms with Crippen LogP contribution in [0.2, 0.25) is 0 Å². The summed E-state index contributed by atoms with van der Waals surface area (Å²) >= 11 is 0. The molecule has 0 unspecified atom stereocenters. The topological polar surface area (TPSA) is 97.6 Å². The Balaban J connectivity index is 1.34. The Hall–Kier alpha value is -2.31. The van der Waals surface area contributed by atoms with Gasteiger partial charge in [0.2, 0.25) is 0 Å². The molecule has 1 aromatic rings. The molecule has 4 fully saturated rings. The van der Waals surface area contributed by atoms with Crippen molar-refractivity contribution in [3.8, 4) is 0 Å². The van der Waals surface area contributed by atoms with Gasteiger partial charge in [-0.1, -0.05) is 13.8 Å². The third-order valence-corrected chi connectivity index (χ3v) is 7.04. The summed E-state index contributed by atoms with van der Waals surface area (Å²) in [5.74, 6) is 0.741. The normalized spacial score (nSPS) is 31.3. The van der Waals surface area contributed by atoms with Crippen molar-refractivity contribution in [1.82, 2.24) is 10.6 Å². The molecular weight excluding hydrogens is 384 g/mol. The van der Waals surface area contributed by atoms with Gasteiger partial charge in [-0.3, -0.25) is 9.59 Å². The van der Waals surface area contributed by atoms with Crippen LogP contribution in [0, 0.1) is 23.7 Å². The maximum atomic E-state index is 12.9. The lowest BCUT2D eigenvalue weighted by molar-refractivity contribution is -0.159. The summed E-state index contributed by atoms with van der Waals surface area (Å²) in [7, 11) is 0. The molecule has 0 saturated heterocycles. The van der Waals surface area contributed by atoms with Crippen molar-refractivity contribution in [2.45, 2.75) is 77.0 Å². The number of carbonyl (C=O) groups is 3. The first kappa shape index (κ1) is 20.9. The molecule has 164 valence electrons. The minimum Gasteiger partial charge on any atom is -0.459 e. The molecule has 1 aromatic heterocycles. The van der Waals surface area contributed by atoms with Crippen molar-refractivity contribution < 1.29 is 23.5 Å². The molecule has 7 heteroatoms. The summed E-state index contributed by atoms with van der Waals surface area (Å²) in [4.78, 5) is 37.9. The summed E-state index contributed by atoms with van der Waals surface area (Å²) in [6.07, 6.45) is 7.50. The molecule has 4 aliphatic rings. The second-order valence-electron chi connectivity index (χ2n) is 9.94. The molecule has 5 rings (SSSR count). The third-order valence-electron chi connectivity index (χ3n) is 7.04. The molecule has 4 aliphatic carbocycles. The van der Waals surface area contributed by atoms with Crippen LogP contribution in [0.3, 0.4) is 0 Å². The predicted octanol–water partition coefficient (Wildman–Crippen LogP) is 3.05. The van der Waals surface area contributed by atoms with Crippen molar-refractivity contribution in [1.29, 1.82) is 0 Å². The zero-order valence-corrected chi connectivity index (χ0v) is 18.0. The van der Waals surface area contributed by atoms with Crippen LogP contribution < -0.4 is 10.6 Å². The van der Waals surface area contributed by atoms with E-state index in [1.807, 2.05) is 13.8 Å². The summed E-state index contributed by atoms with van der Waals surface area (Å²) in [6, 6.07) is 2.27. The first-order chi connectivity index (χ1) is 14.2. The first-order valence-electron chi connectivity index (χ1n) is 11.1. The number of amides is 2. The van der Waals surface area contributed by atoms with Crippen molar-refractivity contribution in [2.24, 2.45) is 23.7 Å². The number of hydrogen-bond acceptors (Lipinski definition) is 5. The lowest BCUT2D eigenvalue weighted by Gasteiger charge is -2.57. The average Bonchev–Trinajstić information content (AvgIpc) is 3.18. The van der Waals surface area contributed by atoms with E-state index in [2.05, 4.69) is 10.6 Å². The molecule has 1 heterocycles. The standard InChI is InChI=1S/C23H32N2O5/c1-13(2)19(24-21(27)18-5-4-6-29-18)22(28)30-14(3)20(26)25-23-10-15-7-16(11-23)9-17(8-15)12-23/h4-6,13-17,19H,7-12H2,1-3H3,(H,24,27)(H,25,26)/t14-,15?,16?,17?,19-,23?/m0/s1. The van der Waals surface area contributed by atoms with E-state index < -0.39 is 24.0 Å². The van der Waals surface area contributed by atoms with Gasteiger partial charge in [0, 0.05) is 5.54 Å². The fraction of sp³-hybridized carbons (Fsp3) is 0.696. The fourth-order valence-corrected chi connectivity index (χ4v) is 6.05. The fourth-order valence-electron chi connectivity index (χ4n) is 6.05. The maximum absolute atomic E-state index is 12.9. The van der Waals surface area contributed by atoms with E-state index >= 15 is 0 Å². The molecule has 2 N–H and O–H groups in total. The van der Waals surface area contributed by atoms with Crippen LogP contribution in [0.4, 0.5) is 0 Å². The molecule has 0 radical (unpaired) electrons. The summed E-state index contributed by atoms with van der Waals surface area (Å²) in [5, 5.41) is 5.89. The Morgan fingerprint density at radius 1 is 1.07 bits per heavy atom. The van der Waals surface area contributed by atoms with Crippen LogP contribution in [0.5, 0.6) is 0 Å². The maximum Gasteiger partial charge on any atom is 0.329 e. The van der Waals surface area contributed by atoms with Gasteiger partial charge in [-0.15, -0.1) is 0 Å². The Labute approximate surface area is 177 Å². The van der Waals surface area contributed by atoms with Gasteiger partial charge in [0.05, 0.1) is 6.26 Å². The van der Waals surface area contributed by atoms with Crippen LogP contribution in [-0.4, -0.2) is 35.5 Å². The lowest BCUT2D eigenvalue weighted by atomic mass is 9.53. The molecule has 2 amide bonds. The highest BCUT2D eigenvalue weighted by molar-refractivity contribution is 5.95. The Kier molecular flexibility index (Phi) is 5.64. The largest absolute Gasteiger partial charge is 0.459 e. The van der Waals surface area contributed by atoms with Gasteiger partial charge in [-0.25, -0.2) is 4.79 Å². The van der Waals surface area contributed by atoms with Crippen LogP contribution in [-0.2, 0) is 14.3 Å². The van der Waals surface area contributed by atoms with E-state index in [4.69, 9.17) is 9.15 Å². The summed E-state index contributed by atoms with van der Waals surface area (Å²) < 4.78 is 10.6. The van der Waals surface area contributed by atoms with Crippen LogP contribution in [0.15, 0.2) is 22.8 Å². The van der Waals surface area contributed by atoms with Crippen LogP contribution in [0.25, 0.3) is 0 Å². The lowest BCUT2D eigenvalue weighted by Crippen LogP contribution is -2.61. The van der Waals surface area contributed by atoms with Gasteiger partial charge in [0.25, 0.3) is 11.8 Å². The highest BCUT2D eigenvalue weighted by atomic mass is 16.5. The second kappa shape index (κ2) is 8.08. The number of esters is 1. The van der Waals surface area contributed by atoms with Crippen molar-refractivity contribution in [2.75, 3.05) is 0 Å². The Morgan fingerprint density at radius 3 is 2.17 bits per heavy atom. The molecule has 4 saturated carbocycles. The number of ether oxygens (including phenoxy) is 1. The average molecular weight is 417 g/mol. The number of nitrogens with one attached hydrogen (secondary N) is 2. The monoisotopic (exact) mass is 416 g/mol. The zero-order valence-electron chi connectivity index (χ0n) is 18.0. The molecule has 0 spiro atoms. The highest BCUT2D eigenvalue weighted by Gasteiger charge is 2.51. The van der Waals surface area contributed by atoms with E-state index in [1.165, 1.54) is 31.6 Å². The smallest absolute Gasteiger partial charge is 0.329 e. The minimum absolute atomic E-state index is 0.126. The minimum atomic E-state index is -0.910. The van der Waals surface area contributed by atoms with Gasteiger partial charge in [0.15, 0.2) is 11.9 Å². The number of rotatable bonds is 7. The van der Waals surface area contributed by atoms with Gasteiger partial charge >= 0.3 is 5.97 Å². The molecular formula is C23H32N2O5. The molecule has 7 nitrogen and oxygen atoms in total. The second-order valence-corrected chi connectivity index (χ2v) is 9.94.